The van der Waals surface area contributed by atoms with Crippen molar-refractivity contribution in [3.8, 4) is 16.9 Å². The molecule has 0 aromatic heterocycles. The van der Waals surface area contributed by atoms with Crippen molar-refractivity contribution in [1.82, 2.24) is 10.7 Å². The SMILES string of the molecule is COc1ccccc1CNC(=O)C/C(C)=N/NC(=O)Cc1ccc(-c2ccccc2)cc1. The summed E-state index contributed by atoms with van der Waals surface area (Å²) in [6.45, 7) is 2.07. The maximum atomic E-state index is 12.2. The average molecular weight is 430 g/mol. The van der Waals surface area contributed by atoms with Gasteiger partial charge < -0.3 is 10.1 Å². The Kier molecular flexibility index (Phi) is 8.15. The van der Waals surface area contributed by atoms with Gasteiger partial charge in [-0.05, 0) is 29.7 Å². The molecule has 2 N–H and O–H groups in total. The molecule has 2 amide bonds. The van der Waals surface area contributed by atoms with Crippen LogP contribution in [0.15, 0.2) is 84.0 Å². The number of hydrogen-bond donors (Lipinski definition) is 2. The van der Waals surface area contributed by atoms with Crippen molar-refractivity contribution in [2.75, 3.05) is 7.11 Å². The second kappa shape index (κ2) is 11.5. The van der Waals surface area contributed by atoms with Gasteiger partial charge in [0.15, 0.2) is 0 Å². The number of amides is 2. The van der Waals surface area contributed by atoms with Gasteiger partial charge in [-0.3, -0.25) is 9.59 Å². The first-order valence-corrected chi connectivity index (χ1v) is 10.4. The van der Waals surface area contributed by atoms with E-state index in [1.165, 1.54) is 0 Å². The molecule has 6 heteroatoms. The van der Waals surface area contributed by atoms with E-state index in [0.717, 1.165) is 28.0 Å². The number of para-hydroxylation sites is 1. The Morgan fingerprint density at radius 2 is 1.50 bits per heavy atom. The van der Waals surface area contributed by atoms with Crippen LogP contribution in [0.2, 0.25) is 0 Å². The minimum atomic E-state index is -0.230. The number of nitrogens with zero attached hydrogens (tertiary/aromatic N) is 1. The van der Waals surface area contributed by atoms with Crippen LogP contribution in [0.5, 0.6) is 5.75 Å². The molecule has 3 aromatic rings. The molecule has 32 heavy (non-hydrogen) atoms. The van der Waals surface area contributed by atoms with Crippen LogP contribution in [0.3, 0.4) is 0 Å². The first kappa shape index (κ1) is 22.7. The van der Waals surface area contributed by atoms with E-state index in [4.69, 9.17) is 4.74 Å². The van der Waals surface area contributed by atoms with Crippen LogP contribution in [0, 0.1) is 0 Å². The first-order chi connectivity index (χ1) is 15.5. The minimum absolute atomic E-state index is 0.0984. The summed E-state index contributed by atoms with van der Waals surface area (Å²) in [5, 5.41) is 6.88. The van der Waals surface area contributed by atoms with Crippen LogP contribution >= 0.6 is 0 Å². The zero-order valence-corrected chi connectivity index (χ0v) is 18.3. The molecule has 0 aliphatic rings. The van der Waals surface area contributed by atoms with E-state index in [0.29, 0.717) is 12.3 Å². The highest BCUT2D eigenvalue weighted by Crippen LogP contribution is 2.19. The summed E-state index contributed by atoms with van der Waals surface area (Å²) in [7, 11) is 1.60. The molecule has 0 spiro atoms. The van der Waals surface area contributed by atoms with E-state index in [-0.39, 0.29) is 24.7 Å². The number of hydrogen-bond acceptors (Lipinski definition) is 4. The van der Waals surface area contributed by atoms with E-state index in [1.54, 1.807) is 14.0 Å². The number of ether oxygens (including phenoxy) is 1. The van der Waals surface area contributed by atoms with Gasteiger partial charge in [-0.1, -0.05) is 72.8 Å². The first-order valence-electron chi connectivity index (χ1n) is 10.4. The predicted molar refractivity (Wildman–Crippen MR) is 126 cm³/mol. The van der Waals surface area contributed by atoms with E-state index in [2.05, 4.69) is 15.8 Å². The molecule has 0 aliphatic heterocycles. The largest absolute Gasteiger partial charge is 0.496 e. The molecule has 0 bridgehead atoms. The minimum Gasteiger partial charge on any atom is -0.496 e. The van der Waals surface area contributed by atoms with Crippen molar-refractivity contribution in [3.63, 3.8) is 0 Å². The van der Waals surface area contributed by atoms with Gasteiger partial charge in [-0.25, -0.2) is 5.43 Å². The number of rotatable bonds is 9. The van der Waals surface area contributed by atoms with Crippen LogP contribution in [0.25, 0.3) is 11.1 Å². The van der Waals surface area contributed by atoms with Gasteiger partial charge >= 0.3 is 0 Å². The van der Waals surface area contributed by atoms with Gasteiger partial charge in [0.05, 0.1) is 20.0 Å². The number of hydrazone groups is 1. The lowest BCUT2D eigenvalue weighted by atomic mass is 10.0. The number of methoxy groups -OCH3 is 1. The van der Waals surface area contributed by atoms with Crippen molar-refractivity contribution < 1.29 is 14.3 Å². The van der Waals surface area contributed by atoms with Gasteiger partial charge in [-0.2, -0.15) is 5.10 Å². The number of nitrogens with one attached hydrogen (secondary N) is 2. The second-order valence-corrected chi connectivity index (χ2v) is 7.39. The normalized spacial score (nSPS) is 11.0. The maximum Gasteiger partial charge on any atom is 0.244 e. The predicted octanol–water partition coefficient (Wildman–Crippen LogP) is 4.10. The fraction of sp³-hybridized carbons (Fsp3) is 0.192. The topological polar surface area (TPSA) is 79.8 Å². The second-order valence-electron chi connectivity index (χ2n) is 7.39. The monoisotopic (exact) mass is 429 g/mol. The highest BCUT2D eigenvalue weighted by atomic mass is 16.5. The van der Waals surface area contributed by atoms with E-state index >= 15 is 0 Å². The Morgan fingerprint density at radius 3 is 2.22 bits per heavy atom. The third-order valence-electron chi connectivity index (χ3n) is 4.88. The van der Waals surface area contributed by atoms with Crippen molar-refractivity contribution in [3.05, 3.63) is 90.0 Å². The molecule has 6 nitrogen and oxygen atoms in total. The summed E-state index contributed by atoms with van der Waals surface area (Å²) >= 11 is 0. The molecule has 0 atom stereocenters. The molecule has 0 saturated heterocycles. The highest BCUT2D eigenvalue weighted by Gasteiger charge is 2.08. The van der Waals surface area contributed by atoms with Crippen LogP contribution < -0.4 is 15.5 Å². The molecule has 0 radical (unpaired) electrons. The summed E-state index contributed by atoms with van der Waals surface area (Å²) in [5.41, 5.74) is 7.07. The van der Waals surface area contributed by atoms with Gasteiger partial charge in [-0.15, -0.1) is 0 Å². The summed E-state index contributed by atoms with van der Waals surface area (Å²) in [6.07, 6.45) is 0.313. The van der Waals surface area contributed by atoms with Gasteiger partial charge in [0.2, 0.25) is 11.8 Å². The average Bonchev–Trinajstić information content (AvgIpc) is 2.82. The smallest absolute Gasteiger partial charge is 0.244 e. The Labute approximate surface area is 188 Å². The fourth-order valence-electron chi connectivity index (χ4n) is 3.21. The third kappa shape index (κ3) is 6.80. The summed E-state index contributed by atoms with van der Waals surface area (Å²) in [4.78, 5) is 24.4. The molecule has 0 fully saturated rings. The Hall–Kier alpha value is -3.93. The van der Waals surface area contributed by atoms with Crippen molar-refractivity contribution in [1.29, 1.82) is 0 Å². The Bertz CT molecular complexity index is 1080. The zero-order chi connectivity index (χ0) is 22.8. The molecular weight excluding hydrogens is 402 g/mol. The molecular formula is C26H27N3O3. The van der Waals surface area contributed by atoms with E-state index in [1.807, 2.05) is 78.9 Å². The standard InChI is InChI=1S/C26H27N3O3/c1-19(16-25(30)27-18-23-10-6-7-11-24(23)32-2)28-29-26(31)17-20-12-14-22(15-13-20)21-8-4-3-5-9-21/h3-15H,16-18H2,1-2H3,(H,27,30)(H,29,31)/b28-19+. The van der Waals surface area contributed by atoms with Crippen molar-refractivity contribution in [2.24, 2.45) is 5.10 Å². The lowest BCUT2D eigenvalue weighted by Gasteiger charge is -2.09. The lowest BCUT2D eigenvalue weighted by Crippen LogP contribution is -2.26. The molecule has 164 valence electrons. The maximum absolute atomic E-state index is 12.2. The zero-order valence-electron chi connectivity index (χ0n) is 18.3. The lowest BCUT2D eigenvalue weighted by molar-refractivity contribution is -0.121. The molecule has 0 aliphatic carbocycles. The van der Waals surface area contributed by atoms with Crippen LogP contribution in [0.1, 0.15) is 24.5 Å². The Balaban J connectivity index is 1.45. The van der Waals surface area contributed by atoms with Gasteiger partial charge in [0.1, 0.15) is 5.75 Å². The fourth-order valence-corrected chi connectivity index (χ4v) is 3.21. The highest BCUT2D eigenvalue weighted by molar-refractivity contribution is 6.00. The molecule has 0 unspecified atom stereocenters. The van der Waals surface area contributed by atoms with Crippen molar-refractivity contribution >= 4 is 17.5 Å². The summed E-state index contributed by atoms with van der Waals surface area (Å²) in [5.74, 6) is 0.316. The van der Waals surface area contributed by atoms with Crippen molar-refractivity contribution in [2.45, 2.75) is 26.3 Å². The molecule has 3 aromatic carbocycles. The molecule has 0 heterocycles. The van der Waals surface area contributed by atoms with E-state index < -0.39 is 0 Å². The van der Waals surface area contributed by atoms with Gasteiger partial charge in [0.25, 0.3) is 0 Å². The van der Waals surface area contributed by atoms with E-state index in [9.17, 15) is 9.59 Å². The third-order valence-corrected chi connectivity index (χ3v) is 4.88. The van der Waals surface area contributed by atoms with Crippen LogP contribution in [0.4, 0.5) is 0 Å². The molecule has 3 rings (SSSR count). The molecule has 0 saturated carbocycles. The quantitative estimate of drug-likeness (QED) is 0.397. The van der Waals surface area contributed by atoms with Crippen LogP contribution in [-0.2, 0) is 22.6 Å². The van der Waals surface area contributed by atoms with Crippen LogP contribution in [-0.4, -0.2) is 24.6 Å². The van der Waals surface area contributed by atoms with Gasteiger partial charge in [0, 0.05) is 17.8 Å². The Morgan fingerprint density at radius 1 is 0.844 bits per heavy atom. The number of benzene rings is 3. The summed E-state index contributed by atoms with van der Waals surface area (Å²) in [6, 6.07) is 25.4. The number of carbonyl (C=O) groups excluding carboxylic acids is 2. The number of carbonyl (C=O) groups is 2. The summed E-state index contributed by atoms with van der Waals surface area (Å²) < 4.78 is 5.28.